The Labute approximate surface area is 123 Å². The minimum atomic E-state index is 0.609. The molecule has 1 aliphatic rings. The van der Waals surface area contributed by atoms with E-state index < -0.39 is 0 Å². The molecular formula is C17H29NO2. The average molecular weight is 279 g/mol. The number of aryl methyl sites for hydroxylation is 1. The van der Waals surface area contributed by atoms with Crippen LogP contribution in [-0.4, -0.2) is 12.6 Å². The number of unbranched alkanes of at least 4 members (excludes halogenated alkanes) is 4. The lowest BCUT2D eigenvalue weighted by Gasteiger charge is -2.02. The predicted octanol–water partition coefficient (Wildman–Crippen LogP) is 4.33. The molecule has 0 aliphatic heterocycles. The molecule has 0 aromatic carbocycles. The van der Waals surface area contributed by atoms with E-state index in [0.29, 0.717) is 6.61 Å². The first-order valence-corrected chi connectivity index (χ1v) is 8.19. The van der Waals surface area contributed by atoms with Crippen molar-refractivity contribution in [3.05, 3.63) is 23.2 Å². The zero-order valence-electron chi connectivity index (χ0n) is 13.0. The van der Waals surface area contributed by atoms with Crippen molar-refractivity contribution in [2.24, 2.45) is 0 Å². The molecule has 1 fully saturated rings. The SMILES string of the molecule is CCCCCCCOCc1cc(C)c(CNC2CC2)o1. The van der Waals surface area contributed by atoms with Gasteiger partial charge < -0.3 is 14.5 Å². The Morgan fingerprint density at radius 3 is 2.80 bits per heavy atom. The fourth-order valence-electron chi connectivity index (χ4n) is 2.34. The van der Waals surface area contributed by atoms with Crippen LogP contribution in [0.3, 0.4) is 0 Å². The van der Waals surface area contributed by atoms with Gasteiger partial charge >= 0.3 is 0 Å². The zero-order chi connectivity index (χ0) is 14.2. The maximum atomic E-state index is 5.85. The van der Waals surface area contributed by atoms with E-state index in [1.54, 1.807) is 0 Å². The van der Waals surface area contributed by atoms with Crippen molar-refractivity contribution in [1.29, 1.82) is 0 Å². The third kappa shape index (κ3) is 5.68. The standard InChI is InChI=1S/C17H29NO2/c1-3-4-5-6-7-10-19-13-16-11-14(2)17(20-16)12-18-15-8-9-15/h11,15,18H,3-10,12-13H2,1-2H3. The summed E-state index contributed by atoms with van der Waals surface area (Å²) in [6, 6.07) is 2.84. The number of furan rings is 1. The molecule has 0 bridgehead atoms. The second-order valence-corrected chi connectivity index (χ2v) is 5.94. The molecule has 1 N–H and O–H groups in total. The summed E-state index contributed by atoms with van der Waals surface area (Å²) < 4.78 is 11.5. The molecule has 0 unspecified atom stereocenters. The second kappa shape index (κ2) is 8.48. The lowest BCUT2D eigenvalue weighted by Crippen LogP contribution is -2.15. The molecule has 1 saturated carbocycles. The van der Waals surface area contributed by atoms with Crippen molar-refractivity contribution in [3.8, 4) is 0 Å². The fourth-order valence-corrected chi connectivity index (χ4v) is 2.34. The van der Waals surface area contributed by atoms with Gasteiger partial charge in [0.15, 0.2) is 0 Å². The van der Waals surface area contributed by atoms with Gasteiger partial charge in [-0.2, -0.15) is 0 Å². The monoisotopic (exact) mass is 279 g/mol. The van der Waals surface area contributed by atoms with Crippen LogP contribution in [0.1, 0.15) is 69.0 Å². The fraction of sp³-hybridized carbons (Fsp3) is 0.765. The summed E-state index contributed by atoms with van der Waals surface area (Å²) in [4.78, 5) is 0. The van der Waals surface area contributed by atoms with Crippen LogP contribution in [-0.2, 0) is 17.9 Å². The topological polar surface area (TPSA) is 34.4 Å². The van der Waals surface area contributed by atoms with E-state index in [0.717, 1.165) is 37.1 Å². The van der Waals surface area contributed by atoms with Gasteiger partial charge in [0.2, 0.25) is 0 Å². The third-order valence-corrected chi connectivity index (χ3v) is 3.84. The normalized spacial score (nSPS) is 14.9. The molecule has 0 amide bonds. The second-order valence-electron chi connectivity index (χ2n) is 5.94. The molecule has 20 heavy (non-hydrogen) atoms. The number of nitrogens with one attached hydrogen (secondary N) is 1. The highest BCUT2D eigenvalue weighted by Crippen LogP contribution is 2.21. The van der Waals surface area contributed by atoms with Gasteiger partial charge in [-0.1, -0.05) is 32.6 Å². The van der Waals surface area contributed by atoms with Crippen LogP contribution in [0, 0.1) is 6.92 Å². The van der Waals surface area contributed by atoms with E-state index >= 15 is 0 Å². The first kappa shape index (κ1) is 15.6. The summed E-state index contributed by atoms with van der Waals surface area (Å²) >= 11 is 0. The Kier molecular flexibility index (Phi) is 6.61. The van der Waals surface area contributed by atoms with E-state index in [-0.39, 0.29) is 0 Å². The van der Waals surface area contributed by atoms with Crippen molar-refractivity contribution < 1.29 is 9.15 Å². The molecule has 2 rings (SSSR count). The Morgan fingerprint density at radius 1 is 1.25 bits per heavy atom. The number of hydrogen-bond donors (Lipinski definition) is 1. The highest BCUT2D eigenvalue weighted by Gasteiger charge is 2.21. The van der Waals surface area contributed by atoms with Crippen molar-refractivity contribution in [2.75, 3.05) is 6.61 Å². The molecule has 114 valence electrons. The van der Waals surface area contributed by atoms with Crippen LogP contribution in [0.4, 0.5) is 0 Å². The minimum absolute atomic E-state index is 0.609. The van der Waals surface area contributed by atoms with Crippen LogP contribution in [0.2, 0.25) is 0 Å². The number of ether oxygens (including phenoxy) is 1. The van der Waals surface area contributed by atoms with Crippen LogP contribution in [0.5, 0.6) is 0 Å². The smallest absolute Gasteiger partial charge is 0.130 e. The lowest BCUT2D eigenvalue weighted by atomic mass is 10.2. The average Bonchev–Trinajstić information content (AvgIpc) is 3.20. The lowest BCUT2D eigenvalue weighted by molar-refractivity contribution is 0.101. The largest absolute Gasteiger partial charge is 0.462 e. The molecule has 1 aromatic rings. The van der Waals surface area contributed by atoms with Crippen LogP contribution in [0.15, 0.2) is 10.5 Å². The van der Waals surface area contributed by atoms with Crippen molar-refractivity contribution >= 4 is 0 Å². The van der Waals surface area contributed by atoms with Crippen molar-refractivity contribution in [3.63, 3.8) is 0 Å². The molecule has 0 radical (unpaired) electrons. The Morgan fingerprint density at radius 2 is 2.05 bits per heavy atom. The van der Waals surface area contributed by atoms with Crippen LogP contribution in [0.25, 0.3) is 0 Å². The Balaban J connectivity index is 1.59. The van der Waals surface area contributed by atoms with Gasteiger partial charge in [0.25, 0.3) is 0 Å². The highest BCUT2D eigenvalue weighted by molar-refractivity contribution is 5.19. The molecular weight excluding hydrogens is 250 g/mol. The number of rotatable bonds is 11. The molecule has 3 nitrogen and oxygen atoms in total. The Hall–Kier alpha value is -0.800. The molecule has 1 aliphatic carbocycles. The van der Waals surface area contributed by atoms with Crippen molar-refractivity contribution in [1.82, 2.24) is 5.32 Å². The Bertz CT molecular complexity index is 382. The van der Waals surface area contributed by atoms with Gasteiger partial charge in [0, 0.05) is 12.6 Å². The predicted molar refractivity (Wildman–Crippen MR) is 81.7 cm³/mol. The van der Waals surface area contributed by atoms with Gasteiger partial charge in [-0.25, -0.2) is 0 Å². The van der Waals surface area contributed by atoms with E-state index in [1.165, 1.54) is 44.1 Å². The summed E-state index contributed by atoms with van der Waals surface area (Å²) in [5.41, 5.74) is 1.24. The summed E-state index contributed by atoms with van der Waals surface area (Å²) in [6.07, 6.45) is 9.04. The maximum absolute atomic E-state index is 5.85. The van der Waals surface area contributed by atoms with Gasteiger partial charge in [-0.15, -0.1) is 0 Å². The molecule has 0 saturated heterocycles. The zero-order valence-corrected chi connectivity index (χ0v) is 13.0. The third-order valence-electron chi connectivity index (χ3n) is 3.84. The van der Waals surface area contributed by atoms with Gasteiger partial charge in [-0.05, 0) is 37.8 Å². The van der Waals surface area contributed by atoms with E-state index in [2.05, 4.69) is 25.2 Å². The highest BCUT2D eigenvalue weighted by atomic mass is 16.5. The van der Waals surface area contributed by atoms with Gasteiger partial charge in [0.1, 0.15) is 18.1 Å². The molecule has 0 spiro atoms. The van der Waals surface area contributed by atoms with Gasteiger partial charge in [0.05, 0.1) is 6.54 Å². The summed E-state index contributed by atoms with van der Waals surface area (Å²) in [7, 11) is 0. The first-order valence-electron chi connectivity index (χ1n) is 8.19. The molecule has 1 aromatic heterocycles. The van der Waals surface area contributed by atoms with E-state index in [4.69, 9.17) is 9.15 Å². The van der Waals surface area contributed by atoms with Crippen LogP contribution >= 0.6 is 0 Å². The van der Waals surface area contributed by atoms with E-state index in [9.17, 15) is 0 Å². The molecule has 0 atom stereocenters. The van der Waals surface area contributed by atoms with Crippen molar-refractivity contribution in [2.45, 2.75) is 78.0 Å². The quantitative estimate of drug-likeness (QED) is 0.612. The minimum Gasteiger partial charge on any atom is -0.462 e. The molecule has 3 heteroatoms. The molecule has 1 heterocycles. The first-order chi connectivity index (χ1) is 9.79. The van der Waals surface area contributed by atoms with Crippen LogP contribution < -0.4 is 5.32 Å². The maximum Gasteiger partial charge on any atom is 0.130 e. The summed E-state index contributed by atoms with van der Waals surface area (Å²) in [5, 5.41) is 3.49. The number of hydrogen-bond acceptors (Lipinski definition) is 3. The van der Waals surface area contributed by atoms with Gasteiger partial charge in [-0.3, -0.25) is 0 Å². The van der Waals surface area contributed by atoms with E-state index in [1.807, 2.05) is 0 Å². The summed E-state index contributed by atoms with van der Waals surface area (Å²) in [5.74, 6) is 2.03. The summed E-state index contributed by atoms with van der Waals surface area (Å²) in [6.45, 7) is 6.66.